The van der Waals surface area contributed by atoms with Crippen LogP contribution < -0.4 is 5.32 Å². The summed E-state index contributed by atoms with van der Waals surface area (Å²) in [5, 5.41) is 3.12. The van der Waals surface area contributed by atoms with Crippen molar-refractivity contribution in [1.82, 2.24) is 15.0 Å². The molecule has 0 saturated carbocycles. The lowest BCUT2D eigenvalue weighted by atomic mass is 10.1. The van der Waals surface area contributed by atoms with Gasteiger partial charge in [0.15, 0.2) is 5.82 Å². The summed E-state index contributed by atoms with van der Waals surface area (Å²) in [5.41, 5.74) is 2.97. The Balaban J connectivity index is 2.54. The third-order valence-electron chi connectivity index (χ3n) is 2.70. The van der Waals surface area contributed by atoms with Gasteiger partial charge in [-0.2, -0.15) is 0 Å². The fraction of sp³-hybridized carbons (Fsp3) is 0.308. The summed E-state index contributed by atoms with van der Waals surface area (Å²) in [5.74, 6) is 1.56. The molecule has 2 heterocycles. The van der Waals surface area contributed by atoms with Crippen LogP contribution in [-0.4, -0.2) is 22.0 Å². The molecule has 0 unspecified atom stereocenters. The van der Waals surface area contributed by atoms with Gasteiger partial charge in [0.25, 0.3) is 0 Å². The molecule has 0 radical (unpaired) electrons. The van der Waals surface area contributed by atoms with Crippen LogP contribution in [0.15, 0.2) is 24.4 Å². The van der Waals surface area contributed by atoms with E-state index in [1.54, 1.807) is 6.20 Å². The summed E-state index contributed by atoms with van der Waals surface area (Å²) in [6.45, 7) is 4.11. The van der Waals surface area contributed by atoms with Crippen molar-refractivity contribution in [3.63, 3.8) is 0 Å². The molecule has 88 valence electrons. The fourth-order valence-corrected chi connectivity index (χ4v) is 1.84. The van der Waals surface area contributed by atoms with Crippen LogP contribution >= 0.6 is 0 Å². The largest absolute Gasteiger partial charge is 0.373 e. The molecule has 2 aromatic heterocycles. The zero-order valence-electron chi connectivity index (χ0n) is 10.4. The van der Waals surface area contributed by atoms with Crippen LogP contribution in [0.25, 0.3) is 11.5 Å². The van der Waals surface area contributed by atoms with Gasteiger partial charge >= 0.3 is 0 Å². The Labute approximate surface area is 101 Å². The molecule has 0 amide bonds. The highest BCUT2D eigenvalue weighted by Crippen LogP contribution is 2.20. The highest BCUT2D eigenvalue weighted by molar-refractivity contribution is 5.56. The van der Waals surface area contributed by atoms with E-state index in [1.165, 1.54) is 0 Å². The first-order valence-electron chi connectivity index (χ1n) is 5.73. The molecule has 4 nitrogen and oxygen atoms in total. The molecule has 0 bridgehead atoms. The highest BCUT2D eigenvalue weighted by Gasteiger charge is 2.10. The molecule has 2 aromatic rings. The molecule has 0 saturated heterocycles. The normalized spacial score (nSPS) is 10.3. The Morgan fingerprint density at radius 3 is 2.65 bits per heavy atom. The van der Waals surface area contributed by atoms with Gasteiger partial charge in [-0.15, -0.1) is 0 Å². The number of nitrogens with zero attached hydrogens (tertiary/aromatic N) is 3. The van der Waals surface area contributed by atoms with Gasteiger partial charge in [0.05, 0.1) is 0 Å². The maximum absolute atomic E-state index is 4.51. The lowest BCUT2D eigenvalue weighted by Crippen LogP contribution is -2.05. The predicted molar refractivity (Wildman–Crippen MR) is 68.9 cm³/mol. The lowest BCUT2D eigenvalue weighted by Gasteiger charge is -2.11. The van der Waals surface area contributed by atoms with Crippen molar-refractivity contribution >= 4 is 5.82 Å². The molecule has 2 rings (SSSR count). The maximum atomic E-state index is 4.51. The standard InChI is InChI=1S/C13H16N4/c1-4-10-9(2)16-13(17-12(10)14-3)11-7-5-6-8-15-11/h5-8H,4H2,1-3H3,(H,14,16,17). The molecule has 1 N–H and O–H groups in total. The van der Waals surface area contributed by atoms with Gasteiger partial charge in [0.2, 0.25) is 0 Å². The Morgan fingerprint density at radius 2 is 2.06 bits per heavy atom. The molecular weight excluding hydrogens is 212 g/mol. The maximum Gasteiger partial charge on any atom is 0.180 e. The SMILES string of the molecule is CCc1c(C)nc(-c2ccccn2)nc1NC. The molecule has 0 aliphatic carbocycles. The van der Waals surface area contributed by atoms with Gasteiger partial charge in [-0.05, 0) is 25.5 Å². The van der Waals surface area contributed by atoms with Gasteiger partial charge in [-0.3, -0.25) is 4.98 Å². The van der Waals surface area contributed by atoms with Crippen LogP contribution in [0.1, 0.15) is 18.2 Å². The number of hydrogen-bond donors (Lipinski definition) is 1. The molecular formula is C13H16N4. The number of anilines is 1. The van der Waals surface area contributed by atoms with Crippen LogP contribution in [0, 0.1) is 6.92 Å². The first kappa shape index (κ1) is 11.5. The molecule has 0 atom stereocenters. The summed E-state index contributed by atoms with van der Waals surface area (Å²) in [6.07, 6.45) is 2.67. The number of aryl methyl sites for hydroxylation is 1. The smallest absolute Gasteiger partial charge is 0.180 e. The van der Waals surface area contributed by atoms with E-state index in [2.05, 4.69) is 27.2 Å². The minimum atomic E-state index is 0.671. The zero-order valence-corrected chi connectivity index (χ0v) is 10.4. The average Bonchev–Trinajstić information content (AvgIpc) is 2.38. The monoisotopic (exact) mass is 228 g/mol. The summed E-state index contributed by atoms with van der Waals surface area (Å²) in [4.78, 5) is 13.3. The van der Waals surface area contributed by atoms with E-state index in [4.69, 9.17) is 0 Å². The van der Waals surface area contributed by atoms with E-state index in [9.17, 15) is 0 Å². The van der Waals surface area contributed by atoms with Crippen LogP contribution in [0.5, 0.6) is 0 Å². The van der Waals surface area contributed by atoms with Crippen LogP contribution in [0.2, 0.25) is 0 Å². The summed E-state index contributed by atoms with van der Waals surface area (Å²) in [6, 6.07) is 5.74. The topological polar surface area (TPSA) is 50.7 Å². The Morgan fingerprint density at radius 1 is 1.24 bits per heavy atom. The molecule has 0 aliphatic heterocycles. The van der Waals surface area contributed by atoms with E-state index in [0.717, 1.165) is 29.2 Å². The second kappa shape index (κ2) is 4.91. The minimum absolute atomic E-state index is 0.671. The molecule has 4 heteroatoms. The van der Waals surface area contributed by atoms with E-state index < -0.39 is 0 Å². The van der Waals surface area contributed by atoms with Gasteiger partial charge in [0, 0.05) is 24.5 Å². The predicted octanol–water partition coefficient (Wildman–Crippen LogP) is 2.45. The van der Waals surface area contributed by atoms with Gasteiger partial charge in [-0.25, -0.2) is 9.97 Å². The van der Waals surface area contributed by atoms with Crippen molar-refractivity contribution in [1.29, 1.82) is 0 Å². The minimum Gasteiger partial charge on any atom is -0.373 e. The fourth-order valence-electron chi connectivity index (χ4n) is 1.84. The number of nitrogens with one attached hydrogen (secondary N) is 1. The molecule has 17 heavy (non-hydrogen) atoms. The van der Waals surface area contributed by atoms with Crippen molar-refractivity contribution < 1.29 is 0 Å². The summed E-state index contributed by atoms with van der Waals surface area (Å²) in [7, 11) is 1.88. The third kappa shape index (κ3) is 2.25. The van der Waals surface area contributed by atoms with Crippen LogP contribution in [0.4, 0.5) is 5.82 Å². The summed E-state index contributed by atoms with van der Waals surface area (Å²) >= 11 is 0. The second-order valence-electron chi connectivity index (χ2n) is 3.78. The van der Waals surface area contributed by atoms with E-state index in [-0.39, 0.29) is 0 Å². The quantitative estimate of drug-likeness (QED) is 0.876. The lowest BCUT2D eigenvalue weighted by molar-refractivity contribution is 0.996. The average molecular weight is 228 g/mol. The van der Waals surface area contributed by atoms with Crippen molar-refractivity contribution in [3.05, 3.63) is 35.7 Å². The van der Waals surface area contributed by atoms with Gasteiger partial charge in [0.1, 0.15) is 11.5 Å². The van der Waals surface area contributed by atoms with E-state index in [1.807, 2.05) is 32.2 Å². The Bertz CT molecular complexity index is 508. The van der Waals surface area contributed by atoms with Crippen LogP contribution in [-0.2, 0) is 6.42 Å². The van der Waals surface area contributed by atoms with E-state index in [0.29, 0.717) is 5.82 Å². The van der Waals surface area contributed by atoms with Crippen molar-refractivity contribution in [2.24, 2.45) is 0 Å². The first-order valence-corrected chi connectivity index (χ1v) is 5.73. The Kier molecular flexibility index (Phi) is 3.32. The summed E-state index contributed by atoms with van der Waals surface area (Å²) < 4.78 is 0. The molecule has 0 aliphatic rings. The highest BCUT2D eigenvalue weighted by atomic mass is 15.0. The second-order valence-corrected chi connectivity index (χ2v) is 3.78. The van der Waals surface area contributed by atoms with Gasteiger partial charge in [-0.1, -0.05) is 13.0 Å². The number of hydrogen-bond acceptors (Lipinski definition) is 4. The Hall–Kier alpha value is -1.97. The van der Waals surface area contributed by atoms with Crippen LogP contribution in [0.3, 0.4) is 0 Å². The molecule has 0 aromatic carbocycles. The molecule has 0 fully saturated rings. The van der Waals surface area contributed by atoms with Gasteiger partial charge < -0.3 is 5.32 Å². The zero-order chi connectivity index (χ0) is 12.3. The first-order chi connectivity index (χ1) is 8.26. The number of aromatic nitrogens is 3. The van der Waals surface area contributed by atoms with Crippen molar-refractivity contribution in [3.8, 4) is 11.5 Å². The number of pyridine rings is 1. The number of rotatable bonds is 3. The van der Waals surface area contributed by atoms with Crippen molar-refractivity contribution in [2.75, 3.05) is 12.4 Å². The third-order valence-corrected chi connectivity index (χ3v) is 2.70. The van der Waals surface area contributed by atoms with E-state index >= 15 is 0 Å². The molecule has 0 spiro atoms. The van der Waals surface area contributed by atoms with Crippen molar-refractivity contribution in [2.45, 2.75) is 20.3 Å².